The van der Waals surface area contributed by atoms with Crippen LogP contribution in [0, 0.1) is 11.6 Å². The van der Waals surface area contributed by atoms with Crippen molar-refractivity contribution in [1.82, 2.24) is 9.55 Å². The van der Waals surface area contributed by atoms with Gasteiger partial charge in [-0.25, -0.2) is 13.8 Å². The minimum absolute atomic E-state index is 0.110. The van der Waals surface area contributed by atoms with E-state index in [1.165, 1.54) is 12.1 Å². The Morgan fingerprint density at radius 1 is 1.30 bits per heavy atom. The zero-order valence-corrected chi connectivity index (χ0v) is 12.0. The fourth-order valence-corrected chi connectivity index (χ4v) is 2.27. The molecule has 1 aromatic heterocycles. The van der Waals surface area contributed by atoms with E-state index in [0.717, 1.165) is 18.3 Å². The second-order valence-corrected chi connectivity index (χ2v) is 5.11. The lowest BCUT2D eigenvalue weighted by atomic mass is 10.1. The molecule has 3 nitrogen and oxygen atoms in total. The first-order valence-corrected chi connectivity index (χ1v) is 6.77. The predicted octanol–water partition coefficient (Wildman–Crippen LogP) is 3.94. The van der Waals surface area contributed by atoms with Gasteiger partial charge < -0.3 is 10.3 Å². The third-order valence-electron chi connectivity index (χ3n) is 3.21. The van der Waals surface area contributed by atoms with Gasteiger partial charge in [0, 0.05) is 18.0 Å². The number of halogens is 2. The Balaban J connectivity index is 2.63. The van der Waals surface area contributed by atoms with Gasteiger partial charge in [-0.05, 0) is 18.6 Å². The first-order valence-electron chi connectivity index (χ1n) is 6.77. The molecule has 0 aliphatic heterocycles. The van der Waals surface area contributed by atoms with Crippen LogP contribution in [-0.4, -0.2) is 9.55 Å². The minimum atomic E-state index is -0.907. The van der Waals surface area contributed by atoms with Gasteiger partial charge in [0.2, 0.25) is 0 Å². The van der Waals surface area contributed by atoms with Gasteiger partial charge in [0.15, 0.2) is 11.6 Å². The van der Waals surface area contributed by atoms with E-state index < -0.39 is 11.6 Å². The second kappa shape index (κ2) is 5.61. The van der Waals surface area contributed by atoms with Crippen LogP contribution < -0.4 is 5.73 Å². The fraction of sp³-hybridized carbons (Fsp3) is 0.400. The molecular weight excluding hydrogens is 260 g/mol. The predicted molar refractivity (Wildman–Crippen MR) is 76.4 cm³/mol. The number of aromatic nitrogens is 2. The zero-order chi connectivity index (χ0) is 14.9. The summed E-state index contributed by atoms with van der Waals surface area (Å²) in [5.74, 6) is -0.453. The molecule has 0 saturated carbocycles. The summed E-state index contributed by atoms with van der Waals surface area (Å²) in [6, 6.07) is 4.04. The molecule has 0 amide bonds. The van der Waals surface area contributed by atoms with E-state index in [9.17, 15) is 8.78 Å². The molecule has 0 atom stereocenters. The Morgan fingerprint density at radius 2 is 2.00 bits per heavy atom. The van der Waals surface area contributed by atoms with Gasteiger partial charge in [-0.2, -0.15) is 0 Å². The first kappa shape index (κ1) is 14.5. The summed E-state index contributed by atoms with van der Waals surface area (Å²) in [6.45, 7) is 6.74. The third-order valence-corrected chi connectivity index (χ3v) is 3.21. The van der Waals surface area contributed by atoms with E-state index in [1.807, 2.05) is 25.3 Å². The summed E-state index contributed by atoms with van der Waals surface area (Å²) in [4.78, 5) is 4.43. The molecule has 0 bridgehead atoms. The number of nitrogens with zero attached hydrogens (tertiary/aromatic N) is 2. The second-order valence-electron chi connectivity index (χ2n) is 5.11. The molecule has 1 heterocycles. The van der Waals surface area contributed by atoms with Gasteiger partial charge in [-0.3, -0.25) is 0 Å². The lowest BCUT2D eigenvalue weighted by molar-refractivity contribution is 0.511. The molecule has 0 aliphatic rings. The van der Waals surface area contributed by atoms with Gasteiger partial charge in [0.1, 0.15) is 17.3 Å². The molecule has 0 fully saturated rings. The van der Waals surface area contributed by atoms with Gasteiger partial charge in [0.05, 0.1) is 0 Å². The number of anilines is 1. The third kappa shape index (κ3) is 2.40. The van der Waals surface area contributed by atoms with Crippen molar-refractivity contribution in [3.8, 4) is 11.3 Å². The smallest absolute Gasteiger partial charge is 0.168 e. The van der Waals surface area contributed by atoms with Crippen LogP contribution in [0.25, 0.3) is 11.3 Å². The van der Waals surface area contributed by atoms with Gasteiger partial charge in [0.25, 0.3) is 0 Å². The van der Waals surface area contributed by atoms with Crippen LogP contribution in [0.5, 0.6) is 0 Å². The van der Waals surface area contributed by atoms with E-state index in [2.05, 4.69) is 4.98 Å². The summed E-state index contributed by atoms with van der Waals surface area (Å²) in [7, 11) is 0. The van der Waals surface area contributed by atoms with E-state index in [1.54, 1.807) is 0 Å². The topological polar surface area (TPSA) is 43.8 Å². The largest absolute Gasteiger partial charge is 0.383 e. The van der Waals surface area contributed by atoms with Gasteiger partial charge in [-0.15, -0.1) is 0 Å². The van der Waals surface area contributed by atoms with Crippen molar-refractivity contribution in [3.63, 3.8) is 0 Å². The Morgan fingerprint density at radius 3 is 2.60 bits per heavy atom. The van der Waals surface area contributed by atoms with Crippen LogP contribution in [0.15, 0.2) is 18.2 Å². The van der Waals surface area contributed by atoms with Crippen molar-refractivity contribution in [2.75, 3.05) is 5.73 Å². The number of rotatable bonds is 4. The first-order chi connectivity index (χ1) is 9.47. The van der Waals surface area contributed by atoms with Crippen LogP contribution >= 0.6 is 0 Å². The molecule has 2 N–H and O–H groups in total. The quantitative estimate of drug-likeness (QED) is 0.921. The average molecular weight is 279 g/mol. The highest BCUT2D eigenvalue weighted by Gasteiger charge is 2.21. The van der Waals surface area contributed by atoms with E-state index in [-0.39, 0.29) is 11.5 Å². The Kier molecular flexibility index (Phi) is 4.06. The molecule has 0 unspecified atom stereocenters. The molecule has 0 saturated heterocycles. The summed E-state index contributed by atoms with van der Waals surface area (Å²) < 4.78 is 29.2. The minimum Gasteiger partial charge on any atom is -0.383 e. The number of imidazole rings is 1. The monoisotopic (exact) mass is 279 g/mol. The number of nitrogen functional groups attached to an aromatic ring is 1. The van der Waals surface area contributed by atoms with Crippen molar-refractivity contribution in [3.05, 3.63) is 35.7 Å². The van der Waals surface area contributed by atoms with Crippen LogP contribution in [0.1, 0.15) is 38.9 Å². The van der Waals surface area contributed by atoms with E-state index in [0.29, 0.717) is 18.1 Å². The van der Waals surface area contributed by atoms with E-state index in [4.69, 9.17) is 5.73 Å². The van der Waals surface area contributed by atoms with Crippen molar-refractivity contribution in [1.29, 1.82) is 0 Å². The Bertz CT molecular complexity index is 618. The lowest BCUT2D eigenvalue weighted by Crippen LogP contribution is -2.08. The summed E-state index contributed by atoms with van der Waals surface area (Å²) in [6.07, 6.45) is 0.894. The summed E-state index contributed by atoms with van der Waals surface area (Å²) in [5, 5.41) is 0. The van der Waals surface area contributed by atoms with Crippen LogP contribution in [0.4, 0.5) is 14.6 Å². The standard InChI is InChI=1S/C15H19F2N3/c1-4-8-20-14(18)13(19-15(20)9(2)3)10-6-5-7-11(16)12(10)17/h5-7,9H,4,8,18H2,1-3H3. The fourth-order valence-electron chi connectivity index (χ4n) is 2.27. The summed E-state index contributed by atoms with van der Waals surface area (Å²) >= 11 is 0. The molecule has 1 aromatic carbocycles. The number of benzene rings is 1. The zero-order valence-electron chi connectivity index (χ0n) is 12.0. The summed E-state index contributed by atoms with van der Waals surface area (Å²) in [5.41, 5.74) is 6.52. The van der Waals surface area contributed by atoms with Crippen LogP contribution in [-0.2, 0) is 6.54 Å². The molecule has 0 radical (unpaired) electrons. The number of hydrogen-bond donors (Lipinski definition) is 1. The average Bonchev–Trinajstić information content (AvgIpc) is 2.72. The lowest BCUT2D eigenvalue weighted by Gasteiger charge is -2.10. The van der Waals surface area contributed by atoms with Gasteiger partial charge in [-0.1, -0.05) is 26.8 Å². The molecular formula is C15H19F2N3. The normalized spacial score (nSPS) is 11.3. The molecule has 5 heteroatoms. The molecule has 2 aromatic rings. The molecule has 108 valence electrons. The molecule has 0 aliphatic carbocycles. The van der Waals surface area contributed by atoms with Crippen LogP contribution in [0.2, 0.25) is 0 Å². The highest BCUT2D eigenvalue weighted by atomic mass is 19.2. The van der Waals surface area contributed by atoms with Crippen molar-refractivity contribution < 1.29 is 8.78 Å². The Hall–Kier alpha value is -1.91. The Labute approximate surface area is 117 Å². The molecule has 0 spiro atoms. The maximum Gasteiger partial charge on any atom is 0.168 e. The SMILES string of the molecule is CCCn1c(C(C)C)nc(-c2cccc(F)c2F)c1N. The van der Waals surface area contributed by atoms with E-state index >= 15 is 0 Å². The molecule has 20 heavy (non-hydrogen) atoms. The van der Waals surface area contributed by atoms with Crippen LogP contribution in [0.3, 0.4) is 0 Å². The maximum absolute atomic E-state index is 13.9. The van der Waals surface area contributed by atoms with Crippen molar-refractivity contribution in [2.24, 2.45) is 0 Å². The van der Waals surface area contributed by atoms with Crippen molar-refractivity contribution >= 4 is 5.82 Å². The maximum atomic E-state index is 13.9. The number of hydrogen-bond acceptors (Lipinski definition) is 2. The van der Waals surface area contributed by atoms with Crippen molar-refractivity contribution in [2.45, 2.75) is 39.7 Å². The highest BCUT2D eigenvalue weighted by molar-refractivity contribution is 5.71. The number of nitrogens with two attached hydrogens (primary N) is 1. The highest BCUT2D eigenvalue weighted by Crippen LogP contribution is 2.31. The van der Waals surface area contributed by atoms with Gasteiger partial charge >= 0.3 is 0 Å². The molecule has 2 rings (SSSR count).